The van der Waals surface area contributed by atoms with Gasteiger partial charge in [0.05, 0.1) is 13.7 Å². The van der Waals surface area contributed by atoms with Crippen LogP contribution in [-0.4, -0.2) is 46.5 Å². The van der Waals surface area contributed by atoms with Gasteiger partial charge in [-0.05, 0) is 42.3 Å². The third kappa shape index (κ3) is 3.63. The van der Waals surface area contributed by atoms with Crippen molar-refractivity contribution in [2.75, 3.05) is 13.7 Å². The highest BCUT2D eigenvalue weighted by Gasteiger charge is 2.56. The monoisotopic (exact) mass is 404 g/mol. The Labute approximate surface area is 165 Å². The maximum atomic E-state index is 13.8. The molecule has 0 bridgehead atoms. The van der Waals surface area contributed by atoms with Crippen LogP contribution < -0.4 is 4.74 Å². The van der Waals surface area contributed by atoms with Crippen molar-refractivity contribution in [1.29, 1.82) is 0 Å². The lowest BCUT2D eigenvalue weighted by atomic mass is 9.90. The van der Waals surface area contributed by atoms with Crippen LogP contribution in [0.15, 0.2) is 42.5 Å². The third-order valence-corrected chi connectivity index (χ3v) is 4.88. The van der Waals surface area contributed by atoms with E-state index in [4.69, 9.17) is 4.74 Å². The second kappa shape index (κ2) is 7.50. The molecule has 0 saturated carbocycles. The number of nitrogens with zero attached hydrogens (tertiary/aromatic N) is 2. The Bertz CT molecular complexity index is 959. The Morgan fingerprint density at radius 2 is 1.69 bits per heavy atom. The van der Waals surface area contributed by atoms with Crippen LogP contribution in [0.3, 0.4) is 0 Å². The van der Waals surface area contributed by atoms with Gasteiger partial charge in [0.2, 0.25) is 0 Å². The Hall–Kier alpha value is -3.49. The van der Waals surface area contributed by atoms with Gasteiger partial charge in [-0.1, -0.05) is 12.1 Å². The topological polar surface area (TPSA) is 87.2 Å². The number of halogens is 2. The Morgan fingerprint density at radius 3 is 2.21 bits per heavy atom. The first kappa shape index (κ1) is 20.2. The van der Waals surface area contributed by atoms with Crippen LogP contribution in [0.1, 0.15) is 18.1 Å². The summed E-state index contributed by atoms with van der Waals surface area (Å²) in [5.74, 6) is -3.43. The molecule has 1 atom stereocenters. The second-order valence-electron chi connectivity index (χ2n) is 6.73. The normalized spacial score (nSPS) is 19.0. The summed E-state index contributed by atoms with van der Waals surface area (Å²) < 4.78 is 32.6. The number of hydrogen-bond acceptors (Lipinski definition) is 4. The molecule has 29 heavy (non-hydrogen) atoms. The van der Waals surface area contributed by atoms with Gasteiger partial charge in [-0.15, -0.1) is 0 Å². The average molecular weight is 404 g/mol. The predicted molar refractivity (Wildman–Crippen MR) is 97.0 cm³/mol. The average Bonchev–Trinajstić information content (AvgIpc) is 2.84. The van der Waals surface area contributed by atoms with Crippen LogP contribution in [-0.2, 0) is 21.7 Å². The molecule has 1 saturated heterocycles. The highest BCUT2D eigenvalue weighted by molar-refractivity contribution is 6.08. The maximum Gasteiger partial charge on any atom is 0.328 e. The second-order valence-corrected chi connectivity index (χ2v) is 6.73. The molecule has 7 nitrogen and oxygen atoms in total. The minimum absolute atomic E-state index is 0.134. The van der Waals surface area contributed by atoms with Crippen LogP contribution in [0.2, 0.25) is 0 Å². The van der Waals surface area contributed by atoms with Crippen molar-refractivity contribution in [2.45, 2.75) is 19.0 Å². The number of urea groups is 1. The number of hydrogen-bond donors (Lipinski definition) is 1. The van der Waals surface area contributed by atoms with Gasteiger partial charge in [0.1, 0.15) is 29.5 Å². The van der Waals surface area contributed by atoms with E-state index >= 15 is 0 Å². The zero-order chi connectivity index (χ0) is 21.3. The van der Waals surface area contributed by atoms with Crippen molar-refractivity contribution in [2.24, 2.45) is 0 Å². The third-order valence-electron chi connectivity index (χ3n) is 4.88. The molecule has 1 N–H and O–H groups in total. The summed E-state index contributed by atoms with van der Waals surface area (Å²) in [6.45, 7) is 0.335. The number of methoxy groups -OCH3 is 1. The van der Waals surface area contributed by atoms with E-state index in [1.165, 1.54) is 14.0 Å². The number of carbonyl (C=O) groups excluding carboxylic acids is 2. The first-order valence-corrected chi connectivity index (χ1v) is 8.61. The van der Waals surface area contributed by atoms with E-state index in [2.05, 4.69) is 0 Å². The zero-order valence-electron chi connectivity index (χ0n) is 15.7. The molecule has 1 fully saturated rings. The van der Waals surface area contributed by atoms with Crippen LogP contribution in [0.4, 0.5) is 13.6 Å². The number of ether oxygens (including phenoxy) is 1. The van der Waals surface area contributed by atoms with Gasteiger partial charge in [-0.25, -0.2) is 13.6 Å². The summed E-state index contributed by atoms with van der Waals surface area (Å²) in [4.78, 5) is 39.1. The molecular formula is C20H18F2N2O5. The van der Waals surface area contributed by atoms with Crippen LogP contribution in [0.25, 0.3) is 0 Å². The summed E-state index contributed by atoms with van der Waals surface area (Å²) in [6, 6.07) is 8.20. The lowest BCUT2D eigenvalue weighted by molar-refractivity contribution is -0.139. The lowest BCUT2D eigenvalue weighted by Crippen LogP contribution is -2.46. The Kier molecular flexibility index (Phi) is 5.23. The standard InChI is InChI=1S/C20H18F2N2O5/c1-20(13-7-14(21)9-15(22)8-13)18(27)23(19(28)24(20)11-17(25)26)10-12-3-5-16(29-2)6-4-12/h3-9H,10-11H2,1-2H3,(H,25,26). The number of carboxylic acids is 1. The van der Waals surface area contributed by atoms with Crippen LogP contribution in [0, 0.1) is 11.6 Å². The van der Waals surface area contributed by atoms with Gasteiger partial charge in [-0.2, -0.15) is 0 Å². The molecule has 2 aromatic carbocycles. The Balaban J connectivity index is 2.03. The molecule has 0 radical (unpaired) electrons. The van der Waals surface area contributed by atoms with E-state index in [1.54, 1.807) is 24.3 Å². The molecule has 3 rings (SSSR count). The number of imide groups is 1. The van der Waals surface area contributed by atoms with Gasteiger partial charge >= 0.3 is 12.0 Å². The molecule has 9 heteroatoms. The smallest absolute Gasteiger partial charge is 0.328 e. The first-order chi connectivity index (χ1) is 13.7. The molecule has 0 aromatic heterocycles. The van der Waals surface area contributed by atoms with Gasteiger partial charge in [0, 0.05) is 6.07 Å². The molecule has 1 aliphatic heterocycles. The molecule has 152 valence electrons. The highest BCUT2D eigenvalue weighted by Crippen LogP contribution is 2.38. The number of amides is 3. The zero-order valence-corrected chi connectivity index (χ0v) is 15.7. The molecule has 2 aromatic rings. The highest BCUT2D eigenvalue weighted by atomic mass is 19.1. The van der Waals surface area contributed by atoms with Crippen molar-refractivity contribution in [3.8, 4) is 5.75 Å². The summed E-state index contributed by atoms with van der Waals surface area (Å²) in [6.07, 6.45) is 0. The summed E-state index contributed by atoms with van der Waals surface area (Å²) >= 11 is 0. The number of carboxylic acid groups (broad SMARTS) is 1. The van der Waals surface area contributed by atoms with E-state index in [0.717, 1.165) is 21.9 Å². The molecule has 1 aliphatic rings. The quantitative estimate of drug-likeness (QED) is 0.748. The molecule has 0 aliphatic carbocycles. The van der Waals surface area contributed by atoms with Gasteiger partial charge < -0.3 is 9.84 Å². The lowest BCUT2D eigenvalue weighted by Gasteiger charge is -2.31. The minimum Gasteiger partial charge on any atom is -0.497 e. The molecule has 3 amide bonds. The van der Waals surface area contributed by atoms with Crippen molar-refractivity contribution in [1.82, 2.24) is 9.80 Å². The van der Waals surface area contributed by atoms with Crippen molar-refractivity contribution < 1.29 is 33.0 Å². The fourth-order valence-corrected chi connectivity index (χ4v) is 3.33. The minimum atomic E-state index is -1.87. The molecular weight excluding hydrogens is 386 g/mol. The molecule has 0 spiro atoms. The fraction of sp³-hybridized carbons (Fsp3) is 0.250. The first-order valence-electron chi connectivity index (χ1n) is 8.61. The largest absolute Gasteiger partial charge is 0.497 e. The van der Waals surface area contributed by atoms with Crippen molar-refractivity contribution >= 4 is 17.9 Å². The van der Waals surface area contributed by atoms with Gasteiger partial charge in [-0.3, -0.25) is 19.4 Å². The fourth-order valence-electron chi connectivity index (χ4n) is 3.33. The van der Waals surface area contributed by atoms with Gasteiger partial charge in [0.15, 0.2) is 0 Å². The summed E-state index contributed by atoms with van der Waals surface area (Å²) in [7, 11) is 1.50. The van der Waals surface area contributed by atoms with Crippen LogP contribution in [0.5, 0.6) is 5.75 Å². The van der Waals surface area contributed by atoms with Crippen molar-refractivity contribution in [3.05, 3.63) is 65.2 Å². The summed E-state index contributed by atoms with van der Waals surface area (Å²) in [5.41, 5.74) is -1.42. The number of benzene rings is 2. The SMILES string of the molecule is COc1ccc(CN2C(=O)N(CC(=O)O)C(C)(c3cc(F)cc(F)c3)C2=O)cc1. The number of aliphatic carboxylic acids is 1. The van der Waals surface area contributed by atoms with E-state index in [9.17, 15) is 28.3 Å². The molecule has 1 heterocycles. The Morgan fingerprint density at radius 1 is 1.10 bits per heavy atom. The van der Waals surface area contributed by atoms with E-state index in [0.29, 0.717) is 17.4 Å². The van der Waals surface area contributed by atoms with Gasteiger partial charge in [0.25, 0.3) is 5.91 Å². The van der Waals surface area contributed by atoms with Crippen molar-refractivity contribution in [3.63, 3.8) is 0 Å². The maximum absolute atomic E-state index is 13.8. The number of carbonyl (C=O) groups is 3. The van der Waals surface area contributed by atoms with E-state index < -0.39 is 41.6 Å². The number of rotatable bonds is 6. The van der Waals surface area contributed by atoms with E-state index in [-0.39, 0.29) is 12.1 Å². The van der Waals surface area contributed by atoms with E-state index in [1.807, 2.05) is 0 Å². The molecule has 1 unspecified atom stereocenters. The predicted octanol–water partition coefficient (Wildman–Crippen LogP) is 2.74. The summed E-state index contributed by atoms with van der Waals surface area (Å²) in [5, 5.41) is 9.21. The van der Waals surface area contributed by atoms with Crippen LogP contribution >= 0.6 is 0 Å².